The number of piperidine rings is 1. The van der Waals surface area contributed by atoms with E-state index in [1.165, 1.54) is 0 Å². The van der Waals surface area contributed by atoms with E-state index in [0.29, 0.717) is 31.3 Å². The van der Waals surface area contributed by atoms with E-state index in [9.17, 15) is 9.90 Å². The van der Waals surface area contributed by atoms with Crippen LogP contribution in [0.1, 0.15) is 40.0 Å². The van der Waals surface area contributed by atoms with Crippen LogP contribution in [0.15, 0.2) is 0 Å². The lowest BCUT2D eigenvalue weighted by atomic mass is 9.92. The molecule has 0 aliphatic carbocycles. The van der Waals surface area contributed by atoms with Crippen LogP contribution in [0.4, 0.5) is 0 Å². The lowest BCUT2D eigenvalue weighted by Gasteiger charge is -2.35. The van der Waals surface area contributed by atoms with Gasteiger partial charge in [-0.2, -0.15) is 0 Å². The number of aliphatic hydroxyl groups is 1. The first-order valence-electron chi connectivity index (χ1n) is 7.10. The summed E-state index contributed by atoms with van der Waals surface area (Å²) in [6, 6.07) is 0. The monoisotopic (exact) mass is 256 g/mol. The maximum atomic E-state index is 12.2. The second kappa shape index (κ2) is 7.10. The number of nitrogens with zero attached hydrogens (tertiary/aromatic N) is 1. The number of carbonyl (C=O) groups excluding carboxylic acids is 1. The van der Waals surface area contributed by atoms with Crippen molar-refractivity contribution in [2.24, 2.45) is 23.5 Å². The van der Waals surface area contributed by atoms with E-state index < -0.39 is 0 Å². The van der Waals surface area contributed by atoms with Gasteiger partial charge >= 0.3 is 0 Å². The van der Waals surface area contributed by atoms with Crippen molar-refractivity contribution in [3.8, 4) is 0 Å². The fourth-order valence-electron chi connectivity index (χ4n) is 2.58. The Morgan fingerprint density at radius 2 is 2.17 bits per heavy atom. The Bertz CT molecular complexity index is 269. The molecule has 3 unspecified atom stereocenters. The van der Waals surface area contributed by atoms with Crippen molar-refractivity contribution in [2.75, 3.05) is 19.6 Å². The number of β-amino-alcohol motifs (C(OH)–C–C–N with tert-alkyl or cyclic N) is 1. The molecule has 0 saturated carbocycles. The standard InChI is InChI=1S/C14H28N2O2/c1-10(2)6-12(8-15)7-14(18)16-5-4-11(3)13(17)9-16/h10-13,17H,4-9,15H2,1-3H3. The van der Waals surface area contributed by atoms with Gasteiger partial charge in [0, 0.05) is 19.5 Å². The largest absolute Gasteiger partial charge is 0.391 e. The van der Waals surface area contributed by atoms with Gasteiger partial charge in [0.15, 0.2) is 0 Å². The van der Waals surface area contributed by atoms with Crippen LogP contribution in [0.5, 0.6) is 0 Å². The van der Waals surface area contributed by atoms with Crippen molar-refractivity contribution >= 4 is 5.91 Å². The van der Waals surface area contributed by atoms with Crippen molar-refractivity contribution in [2.45, 2.75) is 46.1 Å². The van der Waals surface area contributed by atoms with E-state index in [1.807, 2.05) is 6.92 Å². The van der Waals surface area contributed by atoms with Crippen LogP contribution in [0, 0.1) is 17.8 Å². The molecule has 0 aromatic carbocycles. The number of aliphatic hydroxyl groups excluding tert-OH is 1. The third-order valence-electron chi connectivity index (χ3n) is 3.87. The third kappa shape index (κ3) is 4.58. The van der Waals surface area contributed by atoms with Gasteiger partial charge in [-0.25, -0.2) is 0 Å². The Morgan fingerprint density at radius 1 is 1.50 bits per heavy atom. The summed E-state index contributed by atoms with van der Waals surface area (Å²) >= 11 is 0. The van der Waals surface area contributed by atoms with Crippen molar-refractivity contribution in [3.05, 3.63) is 0 Å². The lowest BCUT2D eigenvalue weighted by Crippen LogP contribution is -2.46. The van der Waals surface area contributed by atoms with Crippen LogP contribution in [0.25, 0.3) is 0 Å². The molecular formula is C14H28N2O2. The van der Waals surface area contributed by atoms with Crippen LogP contribution in [-0.4, -0.2) is 41.7 Å². The van der Waals surface area contributed by atoms with E-state index in [4.69, 9.17) is 5.73 Å². The average molecular weight is 256 g/mol. The number of hydrogen-bond acceptors (Lipinski definition) is 3. The van der Waals surface area contributed by atoms with E-state index >= 15 is 0 Å². The van der Waals surface area contributed by atoms with Gasteiger partial charge in [0.25, 0.3) is 0 Å². The molecule has 0 radical (unpaired) electrons. The molecule has 0 bridgehead atoms. The Morgan fingerprint density at radius 3 is 2.67 bits per heavy atom. The molecule has 1 rings (SSSR count). The summed E-state index contributed by atoms with van der Waals surface area (Å²) in [6.07, 6.45) is 2.04. The number of rotatable bonds is 5. The van der Waals surface area contributed by atoms with Gasteiger partial charge in [-0.3, -0.25) is 4.79 Å². The maximum absolute atomic E-state index is 12.2. The molecular weight excluding hydrogens is 228 g/mol. The van der Waals surface area contributed by atoms with Crippen LogP contribution in [0.2, 0.25) is 0 Å². The third-order valence-corrected chi connectivity index (χ3v) is 3.87. The quantitative estimate of drug-likeness (QED) is 0.777. The fraction of sp³-hybridized carbons (Fsp3) is 0.929. The summed E-state index contributed by atoms with van der Waals surface area (Å²) in [5.41, 5.74) is 5.73. The Hall–Kier alpha value is -0.610. The highest BCUT2D eigenvalue weighted by Gasteiger charge is 2.28. The second-order valence-electron chi connectivity index (χ2n) is 6.11. The Balaban J connectivity index is 2.44. The molecule has 3 N–H and O–H groups in total. The molecule has 1 fully saturated rings. The number of amides is 1. The predicted molar refractivity (Wildman–Crippen MR) is 73.0 cm³/mol. The van der Waals surface area contributed by atoms with E-state index in [0.717, 1.165) is 19.4 Å². The van der Waals surface area contributed by atoms with Crippen molar-refractivity contribution in [3.63, 3.8) is 0 Å². The Labute approximate surface area is 111 Å². The minimum Gasteiger partial charge on any atom is -0.391 e. The number of carbonyl (C=O) groups is 1. The molecule has 1 aliphatic rings. The highest BCUT2D eigenvalue weighted by atomic mass is 16.3. The lowest BCUT2D eigenvalue weighted by molar-refractivity contribution is -0.136. The topological polar surface area (TPSA) is 66.6 Å². The molecule has 1 heterocycles. The summed E-state index contributed by atoms with van der Waals surface area (Å²) < 4.78 is 0. The molecule has 1 amide bonds. The molecule has 0 aromatic heterocycles. The minimum atomic E-state index is -0.371. The van der Waals surface area contributed by atoms with Crippen LogP contribution in [-0.2, 0) is 4.79 Å². The number of hydrogen-bond donors (Lipinski definition) is 2. The maximum Gasteiger partial charge on any atom is 0.222 e. The van der Waals surface area contributed by atoms with Gasteiger partial charge in [-0.1, -0.05) is 20.8 Å². The Kier molecular flexibility index (Phi) is 6.09. The molecule has 106 valence electrons. The molecule has 0 spiro atoms. The first-order valence-corrected chi connectivity index (χ1v) is 7.10. The van der Waals surface area contributed by atoms with Gasteiger partial charge in [0.2, 0.25) is 5.91 Å². The van der Waals surface area contributed by atoms with Gasteiger partial charge in [-0.05, 0) is 37.1 Å². The summed E-state index contributed by atoms with van der Waals surface area (Å²) in [6.45, 7) is 8.17. The zero-order valence-electron chi connectivity index (χ0n) is 11.9. The van der Waals surface area contributed by atoms with E-state index in [-0.39, 0.29) is 17.9 Å². The molecule has 0 aromatic rings. The normalized spacial score (nSPS) is 26.4. The number of nitrogens with two attached hydrogens (primary N) is 1. The summed E-state index contributed by atoms with van der Waals surface area (Å²) in [5.74, 6) is 1.29. The summed E-state index contributed by atoms with van der Waals surface area (Å²) in [7, 11) is 0. The molecule has 4 nitrogen and oxygen atoms in total. The van der Waals surface area contributed by atoms with Crippen LogP contribution >= 0.6 is 0 Å². The first-order chi connectivity index (χ1) is 8.43. The van der Waals surface area contributed by atoms with Gasteiger partial charge < -0.3 is 15.7 Å². The number of likely N-dealkylation sites (tertiary alicyclic amines) is 1. The van der Waals surface area contributed by atoms with E-state index in [2.05, 4.69) is 13.8 Å². The molecule has 4 heteroatoms. The van der Waals surface area contributed by atoms with Gasteiger partial charge in [0.1, 0.15) is 0 Å². The molecule has 3 atom stereocenters. The second-order valence-corrected chi connectivity index (χ2v) is 6.11. The SMILES string of the molecule is CC(C)CC(CN)CC(=O)N1CCC(C)C(O)C1. The van der Waals surface area contributed by atoms with Crippen LogP contribution < -0.4 is 5.73 Å². The van der Waals surface area contributed by atoms with Crippen molar-refractivity contribution in [1.29, 1.82) is 0 Å². The smallest absolute Gasteiger partial charge is 0.222 e. The average Bonchev–Trinajstić information content (AvgIpc) is 2.31. The summed E-state index contributed by atoms with van der Waals surface area (Å²) in [5, 5.41) is 9.82. The van der Waals surface area contributed by atoms with Crippen molar-refractivity contribution in [1.82, 2.24) is 4.90 Å². The molecule has 1 aliphatic heterocycles. The molecule has 18 heavy (non-hydrogen) atoms. The zero-order chi connectivity index (χ0) is 13.7. The highest BCUT2D eigenvalue weighted by Crippen LogP contribution is 2.20. The fourth-order valence-corrected chi connectivity index (χ4v) is 2.58. The van der Waals surface area contributed by atoms with E-state index in [1.54, 1.807) is 4.90 Å². The minimum absolute atomic E-state index is 0.150. The zero-order valence-corrected chi connectivity index (χ0v) is 11.9. The van der Waals surface area contributed by atoms with Crippen LogP contribution in [0.3, 0.4) is 0 Å². The molecule has 1 saturated heterocycles. The summed E-state index contributed by atoms with van der Waals surface area (Å²) in [4.78, 5) is 14.0. The predicted octanol–water partition coefficient (Wildman–Crippen LogP) is 1.23. The highest BCUT2D eigenvalue weighted by molar-refractivity contribution is 5.76. The first kappa shape index (κ1) is 15.4. The van der Waals surface area contributed by atoms with Gasteiger partial charge in [-0.15, -0.1) is 0 Å². The van der Waals surface area contributed by atoms with Crippen molar-refractivity contribution < 1.29 is 9.90 Å². The van der Waals surface area contributed by atoms with Gasteiger partial charge in [0.05, 0.1) is 6.10 Å².